The molecule has 0 bridgehead atoms. The van der Waals surface area contributed by atoms with Crippen LogP contribution in [-0.4, -0.2) is 38.5 Å². The monoisotopic (exact) mass is 606 g/mol. The molecule has 0 spiro atoms. The zero-order valence-corrected chi connectivity index (χ0v) is 28.8. The number of rotatable bonds is 10. The average Bonchev–Trinajstić information content (AvgIpc) is 3.23. The number of ether oxygens (including phenoxy) is 1. The molecule has 1 aromatic carbocycles. The lowest BCUT2D eigenvalue weighted by Crippen LogP contribution is -2.45. The molecule has 1 saturated heterocycles. The molecular formula is C31H50N2O6SSi. The van der Waals surface area contributed by atoms with Crippen molar-refractivity contribution in [1.82, 2.24) is 9.55 Å². The minimum absolute atomic E-state index is 0.0478. The van der Waals surface area contributed by atoms with Gasteiger partial charge >= 0.3 is 15.8 Å². The summed E-state index contributed by atoms with van der Waals surface area (Å²) in [4.78, 5) is 17.3. The van der Waals surface area contributed by atoms with Gasteiger partial charge in [-0.3, -0.25) is 4.57 Å². The average molecular weight is 607 g/mol. The molecule has 1 aromatic heterocycles. The van der Waals surface area contributed by atoms with Gasteiger partial charge < -0.3 is 13.3 Å². The second kappa shape index (κ2) is 12.3. The number of hydrogen-bond acceptors (Lipinski definition) is 7. The number of benzene rings is 1. The third-order valence-electron chi connectivity index (χ3n) is 8.47. The lowest BCUT2D eigenvalue weighted by atomic mass is 9.89. The number of aromatic nitrogens is 2. The summed E-state index contributed by atoms with van der Waals surface area (Å²) in [5, 5.41) is 0.0478. The van der Waals surface area contributed by atoms with Gasteiger partial charge in [-0.15, -0.1) is 0 Å². The molecule has 230 valence electrons. The highest BCUT2D eigenvalue weighted by atomic mass is 32.2. The van der Waals surface area contributed by atoms with E-state index >= 15 is 0 Å². The Morgan fingerprint density at radius 2 is 1.61 bits per heavy atom. The minimum atomic E-state index is -4.27. The van der Waals surface area contributed by atoms with Crippen LogP contribution in [0.4, 0.5) is 0 Å². The van der Waals surface area contributed by atoms with Gasteiger partial charge in [0.1, 0.15) is 11.1 Å². The third kappa shape index (κ3) is 7.32. The van der Waals surface area contributed by atoms with E-state index in [0.29, 0.717) is 17.5 Å². The van der Waals surface area contributed by atoms with Crippen molar-refractivity contribution >= 4 is 18.4 Å². The van der Waals surface area contributed by atoms with Crippen molar-refractivity contribution in [2.24, 2.45) is 0 Å². The van der Waals surface area contributed by atoms with Crippen LogP contribution in [0.15, 0.2) is 34.1 Å². The molecule has 2 heterocycles. The van der Waals surface area contributed by atoms with Gasteiger partial charge in [0.15, 0.2) is 8.32 Å². The third-order valence-corrected chi connectivity index (χ3v) is 14.3. The molecule has 1 unspecified atom stereocenters. The fourth-order valence-electron chi connectivity index (χ4n) is 4.91. The van der Waals surface area contributed by atoms with Crippen molar-refractivity contribution < 1.29 is 21.8 Å². The quantitative estimate of drug-likeness (QED) is 0.204. The van der Waals surface area contributed by atoms with E-state index in [-0.39, 0.29) is 45.8 Å². The predicted molar refractivity (Wildman–Crippen MR) is 166 cm³/mol. The summed E-state index contributed by atoms with van der Waals surface area (Å²) in [5.41, 5.74) is 1.85. The first-order chi connectivity index (χ1) is 18.8. The van der Waals surface area contributed by atoms with Gasteiger partial charge in [0.2, 0.25) is 5.88 Å². The summed E-state index contributed by atoms with van der Waals surface area (Å²) in [6, 6.07) is 5.32. The Kier molecular flexibility index (Phi) is 10.1. The van der Waals surface area contributed by atoms with Crippen molar-refractivity contribution in [1.29, 1.82) is 0 Å². The van der Waals surface area contributed by atoms with Crippen molar-refractivity contribution in [3.05, 3.63) is 51.6 Å². The first kappa shape index (κ1) is 33.5. The molecule has 3 rings (SSSR count). The van der Waals surface area contributed by atoms with E-state index in [1.165, 1.54) is 16.8 Å². The van der Waals surface area contributed by atoms with Gasteiger partial charge in [-0.1, -0.05) is 81.4 Å². The summed E-state index contributed by atoms with van der Waals surface area (Å²) < 4.78 is 47.2. The Balaban J connectivity index is 1.92. The molecule has 1 fully saturated rings. The van der Waals surface area contributed by atoms with Crippen LogP contribution in [0.2, 0.25) is 18.1 Å². The zero-order chi connectivity index (χ0) is 31.1. The molecule has 0 amide bonds. The van der Waals surface area contributed by atoms with E-state index < -0.39 is 30.4 Å². The fraction of sp³-hybridized carbons (Fsp3) is 0.677. The number of hydrogen-bond donors (Lipinski definition) is 0. The molecule has 0 saturated carbocycles. The van der Waals surface area contributed by atoms with Crippen LogP contribution < -0.4 is 9.87 Å². The highest BCUT2D eigenvalue weighted by Gasteiger charge is 2.44. The topological polar surface area (TPSA) is 96.7 Å². The van der Waals surface area contributed by atoms with Crippen LogP contribution >= 0.6 is 0 Å². The summed E-state index contributed by atoms with van der Waals surface area (Å²) in [6.07, 6.45) is 1.94. The highest BCUT2D eigenvalue weighted by Crippen LogP contribution is 2.41. The molecule has 0 aliphatic carbocycles. The highest BCUT2D eigenvalue weighted by molar-refractivity contribution is 7.87. The molecule has 0 radical (unpaired) electrons. The summed E-state index contributed by atoms with van der Waals surface area (Å²) >= 11 is 0. The Bertz CT molecular complexity index is 1360. The maximum Gasteiger partial charge on any atom is 0.353 e. The second-order valence-corrected chi connectivity index (χ2v) is 19.9. The lowest BCUT2D eigenvalue weighted by Gasteiger charge is -2.39. The summed E-state index contributed by atoms with van der Waals surface area (Å²) in [5.74, 6) is -0.113. The first-order valence-electron chi connectivity index (χ1n) is 14.8. The van der Waals surface area contributed by atoms with Gasteiger partial charge in [-0.05, 0) is 59.0 Å². The Hall–Kier alpha value is -2.01. The molecule has 1 aliphatic rings. The Labute approximate surface area is 248 Å². The normalized spacial score (nSPS) is 20.4. The van der Waals surface area contributed by atoms with Crippen molar-refractivity contribution in [2.45, 2.75) is 141 Å². The van der Waals surface area contributed by atoms with E-state index in [9.17, 15) is 13.2 Å². The molecular weight excluding hydrogens is 557 g/mol. The van der Waals surface area contributed by atoms with Crippen molar-refractivity contribution in [3.8, 4) is 5.88 Å². The SMILES string of the molecule is CC[C@H]1O[C@@H](n2ccc(OS(=O)(=O)c3c(C(C)C)cc(C(C)C)cc3C(C)C)nc2=O)CC1O[Si](C)(C)C(C)(C)C. The second-order valence-electron chi connectivity index (χ2n) is 13.7. The van der Waals surface area contributed by atoms with E-state index in [2.05, 4.69) is 52.7 Å². The fourth-order valence-corrected chi connectivity index (χ4v) is 7.83. The number of nitrogens with zero attached hydrogens (tertiary/aromatic N) is 2. The maximum absolute atomic E-state index is 13.7. The molecule has 0 N–H and O–H groups in total. The maximum atomic E-state index is 13.7. The van der Waals surface area contributed by atoms with Crippen LogP contribution in [0.1, 0.15) is 123 Å². The van der Waals surface area contributed by atoms with E-state index in [1.54, 1.807) is 0 Å². The largest absolute Gasteiger partial charge is 0.411 e. The standard InChI is InChI=1S/C31H50N2O6SSi/c1-13-25-26(39-41(11,12)31(8,9)10)18-28(37-25)33-15-14-27(32-30(33)34)38-40(35,36)29-23(20(4)5)16-22(19(2)3)17-24(29)21(6)7/h14-17,19-21,25-26,28H,13,18H2,1-12H3/t25-,26?,28-/m1/s1. The Morgan fingerprint density at radius 1 is 1.05 bits per heavy atom. The molecule has 41 heavy (non-hydrogen) atoms. The van der Waals surface area contributed by atoms with Crippen LogP contribution in [0, 0.1) is 0 Å². The van der Waals surface area contributed by atoms with Crippen molar-refractivity contribution in [3.63, 3.8) is 0 Å². The zero-order valence-electron chi connectivity index (χ0n) is 26.9. The molecule has 1 aliphatic heterocycles. The molecule has 3 atom stereocenters. The van der Waals surface area contributed by atoms with Gasteiger partial charge in [-0.25, -0.2) is 4.79 Å². The predicted octanol–water partition coefficient (Wildman–Crippen LogP) is 7.47. The molecule has 8 nitrogen and oxygen atoms in total. The van der Waals surface area contributed by atoms with Crippen LogP contribution in [0.25, 0.3) is 0 Å². The van der Waals surface area contributed by atoms with Crippen LogP contribution in [0.5, 0.6) is 5.88 Å². The van der Waals surface area contributed by atoms with E-state index in [1.807, 2.05) is 46.8 Å². The Morgan fingerprint density at radius 3 is 2.05 bits per heavy atom. The van der Waals surface area contributed by atoms with Gasteiger partial charge in [0.05, 0.1) is 12.2 Å². The van der Waals surface area contributed by atoms with Crippen LogP contribution in [-0.2, 0) is 19.3 Å². The van der Waals surface area contributed by atoms with E-state index in [4.69, 9.17) is 13.3 Å². The smallest absolute Gasteiger partial charge is 0.353 e. The lowest BCUT2D eigenvalue weighted by molar-refractivity contribution is -0.0197. The summed E-state index contributed by atoms with van der Waals surface area (Å²) in [7, 11) is -6.31. The van der Waals surface area contributed by atoms with Gasteiger partial charge in [0, 0.05) is 18.7 Å². The minimum Gasteiger partial charge on any atom is -0.411 e. The molecule has 10 heteroatoms. The van der Waals surface area contributed by atoms with Gasteiger partial charge in [0.25, 0.3) is 0 Å². The first-order valence-corrected chi connectivity index (χ1v) is 19.1. The van der Waals surface area contributed by atoms with Crippen molar-refractivity contribution in [2.75, 3.05) is 0 Å². The summed E-state index contributed by atoms with van der Waals surface area (Å²) in [6.45, 7) is 25.1. The van der Waals surface area contributed by atoms with Crippen LogP contribution in [0.3, 0.4) is 0 Å². The van der Waals surface area contributed by atoms with Gasteiger partial charge in [-0.2, -0.15) is 13.4 Å². The molecule has 2 aromatic rings. The van der Waals surface area contributed by atoms with E-state index in [0.717, 1.165) is 12.0 Å².